The highest BCUT2D eigenvalue weighted by Gasteiger charge is 2.37. The number of piperidine rings is 1. The van der Waals surface area contributed by atoms with Crippen molar-refractivity contribution in [2.24, 2.45) is 11.3 Å². The molecular formula is C32H39N5O3. The lowest BCUT2D eigenvalue weighted by molar-refractivity contribution is -0.143. The van der Waals surface area contributed by atoms with Gasteiger partial charge in [0.2, 0.25) is 17.7 Å². The van der Waals surface area contributed by atoms with Crippen LogP contribution in [0.25, 0.3) is 10.9 Å². The molecule has 0 bridgehead atoms. The van der Waals surface area contributed by atoms with Gasteiger partial charge in [-0.1, -0.05) is 51.1 Å². The molecule has 40 heavy (non-hydrogen) atoms. The van der Waals surface area contributed by atoms with Crippen LogP contribution in [0.1, 0.15) is 62.3 Å². The van der Waals surface area contributed by atoms with Crippen LogP contribution in [-0.2, 0) is 40.3 Å². The van der Waals surface area contributed by atoms with Gasteiger partial charge in [0.15, 0.2) is 0 Å². The van der Waals surface area contributed by atoms with Crippen LogP contribution in [0.4, 0.5) is 0 Å². The topological polar surface area (TPSA) is 89.6 Å². The second-order valence-electron chi connectivity index (χ2n) is 13.0. The van der Waals surface area contributed by atoms with Crippen molar-refractivity contribution in [2.75, 3.05) is 19.6 Å². The van der Waals surface area contributed by atoms with Crippen molar-refractivity contribution in [1.82, 2.24) is 24.9 Å². The summed E-state index contributed by atoms with van der Waals surface area (Å²) in [5.41, 5.74) is 5.51. The van der Waals surface area contributed by atoms with Crippen LogP contribution in [0.3, 0.4) is 0 Å². The molecule has 6 rings (SSSR count). The summed E-state index contributed by atoms with van der Waals surface area (Å²) in [5.74, 6) is -0.116. The monoisotopic (exact) mass is 541 g/mol. The molecule has 210 valence electrons. The summed E-state index contributed by atoms with van der Waals surface area (Å²) in [6.45, 7) is 9.47. The molecule has 8 heteroatoms. The molecule has 1 aromatic heterocycles. The van der Waals surface area contributed by atoms with E-state index < -0.39 is 5.92 Å². The molecule has 4 heterocycles. The van der Waals surface area contributed by atoms with E-state index in [4.69, 9.17) is 0 Å². The standard InChI is InChI=1S/C32H39N5O3/c1-32(2,3)20-36-19-27-22(8-9-28-26(27)17-33-34-28)14-24(31(36)40)16-29(38)35-12-10-25(11-13-35)37-18-23-7-5-4-6-21(23)15-30(37)39/h4-9,17,24-25H,10-16,18-20H2,1-3H3,(H,33,34). The zero-order valence-corrected chi connectivity index (χ0v) is 23.8. The third kappa shape index (κ3) is 5.23. The van der Waals surface area contributed by atoms with Crippen LogP contribution < -0.4 is 0 Å². The Morgan fingerprint density at radius 2 is 1.75 bits per heavy atom. The van der Waals surface area contributed by atoms with Gasteiger partial charge in [0.1, 0.15) is 0 Å². The maximum Gasteiger partial charge on any atom is 0.227 e. The van der Waals surface area contributed by atoms with E-state index in [1.165, 1.54) is 5.56 Å². The van der Waals surface area contributed by atoms with Crippen molar-refractivity contribution in [3.8, 4) is 0 Å². The third-order valence-corrected chi connectivity index (χ3v) is 8.77. The van der Waals surface area contributed by atoms with Gasteiger partial charge in [-0.2, -0.15) is 5.10 Å². The number of carbonyl (C=O) groups is 3. The Morgan fingerprint density at radius 1 is 1.00 bits per heavy atom. The van der Waals surface area contributed by atoms with E-state index in [9.17, 15) is 14.4 Å². The van der Waals surface area contributed by atoms with Gasteiger partial charge in [-0.25, -0.2) is 0 Å². The first-order valence-corrected chi connectivity index (χ1v) is 14.5. The van der Waals surface area contributed by atoms with Gasteiger partial charge in [0.25, 0.3) is 0 Å². The molecule has 0 spiro atoms. The summed E-state index contributed by atoms with van der Waals surface area (Å²) in [5, 5.41) is 8.33. The summed E-state index contributed by atoms with van der Waals surface area (Å²) in [6, 6.07) is 12.4. The molecule has 0 radical (unpaired) electrons. The second-order valence-corrected chi connectivity index (χ2v) is 13.0. The quantitative estimate of drug-likeness (QED) is 0.539. The summed E-state index contributed by atoms with van der Waals surface area (Å²) < 4.78 is 0. The van der Waals surface area contributed by atoms with Crippen LogP contribution >= 0.6 is 0 Å². The lowest BCUT2D eigenvalue weighted by Crippen LogP contribution is -2.50. The van der Waals surface area contributed by atoms with E-state index >= 15 is 0 Å². The second kappa shape index (κ2) is 10.4. The molecule has 2 aromatic carbocycles. The minimum Gasteiger partial charge on any atom is -0.343 e. The predicted molar refractivity (Wildman–Crippen MR) is 153 cm³/mol. The van der Waals surface area contributed by atoms with Crippen LogP contribution in [0.15, 0.2) is 42.6 Å². The van der Waals surface area contributed by atoms with Crippen LogP contribution in [0, 0.1) is 11.3 Å². The molecule has 1 fully saturated rings. The van der Waals surface area contributed by atoms with Gasteiger partial charge >= 0.3 is 0 Å². The van der Waals surface area contributed by atoms with E-state index in [0.29, 0.717) is 45.6 Å². The van der Waals surface area contributed by atoms with Crippen molar-refractivity contribution in [3.63, 3.8) is 0 Å². The number of aromatic nitrogens is 2. The van der Waals surface area contributed by atoms with Gasteiger partial charge in [-0.15, -0.1) is 0 Å². The Morgan fingerprint density at radius 3 is 2.50 bits per heavy atom. The third-order valence-electron chi connectivity index (χ3n) is 8.77. The molecule has 3 aliphatic rings. The van der Waals surface area contributed by atoms with Crippen molar-refractivity contribution >= 4 is 28.6 Å². The first-order valence-electron chi connectivity index (χ1n) is 14.5. The Bertz CT molecular complexity index is 1450. The van der Waals surface area contributed by atoms with Crippen LogP contribution in [0.2, 0.25) is 0 Å². The number of aromatic amines is 1. The van der Waals surface area contributed by atoms with Gasteiger partial charge in [-0.05, 0) is 53.0 Å². The first-order chi connectivity index (χ1) is 19.2. The number of rotatable bonds is 4. The minimum atomic E-state index is -0.390. The van der Waals surface area contributed by atoms with E-state index in [1.807, 2.05) is 45.2 Å². The number of likely N-dealkylation sites (tertiary alicyclic amines) is 1. The highest BCUT2D eigenvalue weighted by molar-refractivity contribution is 5.89. The highest BCUT2D eigenvalue weighted by atomic mass is 16.2. The molecule has 1 atom stereocenters. The van der Waals surface area contributed by atoms with Gasteiger partial charge in [0, 0.05) is 50.6 Å². The van der Waals surface area contributed by atoms with Crippen LogP contribution in [0.5, 0.6) is 0 Å². The molecule has 3 aliphatic heterocycles. The highest BCUT2D eigenvalue weighted by Crippen LogP contribution is 2.33. The number of hydrogen-bond donors (Lipinski definition) is 1. The van der Waals surface area contributed by atoms with Crippen LogP contribution in [-0.4, -0.2) is 68.3 Å². The van der Waals surface area contributed by atoms with E-state index in [-0.39, 0.29) is 35.6 Å². The number of amides is 3. The van der Waals surface area contributed by atoms with Crippen molar-refractivity contribution < 1.29 is 14.4 Å². The number of H-pyrrole nitrogens is 1. The largest absolute Gasteiger partial charge is 0.343 e. The summed E-state index contributed by atoms with van der Waals surface area (Å²) in [6.07, 6.45) is 4.61. The molecule has 3 aromatic rings. The molecule has 1 unspecified atom stereocenters. The Labute approximate surface area is 235 Å². The SMILES string of the molecule is CC(C)(C)CN1Cc2c(ccc3[nH]ncc23)CC(CC(=O)N2CCC(N3Cc4ccccc4CC3=O)CC2)C1=O. The van der Waals surface area contributed by atoms with Crippen molar-refractivity contribution in [1.29, 1.82) is 0 Å². The molecule has 1 saturated heterocycles. The summed E-state index contributed by atoms with van der Waals surface area (Å²) in [7, 11) is 0. The predicted octanol–water partition coefficient (Wildman–Crippen LogP) is 4.08. The fraction of sp³-hybridized carbons (Fsp3) is 0.500. The number of nitrogens with zero attached hydrogens (tertiary/aromatic N) is 4. The summed E-state index contributed by atoms with van der Waals surface area (Å²) in [4.78, 5) is 46.2. The fourth-order valence-electron chi connectivity index (χ4n) is 6.76. The Balaban J connectivity index is 1.14. The Hall–Kier alpha value is -3.68. The number of benzene rings is 2. The number of nitrogens with one attached hydrogen (secondary N) is 1. The molecular weight excluding hydrogens is 502 g/mol. The first kappa shape index (κ1) is 26.5. The van der Waals surface area contributed by atoms with Crippen molar-refractivity contribution in [2.45, 2.75) is 72.0 Å². The minimum absolute atomic E-state index is 0.0377. The van der Waals surface area contributed by atoms with Gasteiger partial charge in [-0.3, -0.25) is 19.5 Å². The lowest BCUT2D eigenvalue weighted by atomic mass is 9.91. The average Bonchev–Trinajstić information content (AvgIpc) is 3.37. The molecule has 0 saturated carbocycles. The smallest absolute Gasteiger partial charge is 0.227 e. The zero-order valence-electron chi connectivity index (χ0n) is 23.8. The molecule has 0 aliphatic carbocycles. The van der Waals surface area contributed by atoms with E-state index in [1.54, 1.807) is 0 Å². The normalized spacial score (nSPS) is 20.5. The lowest BCUT2D eigenvalue weighted by Gasteiger charge is -2.41. The molecule has 1 N–H and O–H groups in total. The zero-order chi connectivity index (χ0) is 28.0. The maximum atomic E-state index is 13.9. The number of hydrogen-bond acceptors (Lipinski definition) is 4. The average molecular weight is 542 g/mol. The number of carbonyl (C=O) groups excluding carboxylic acids is 3. The molecule has 8 nitrogen and oxygen atoms in total. The van der Waals surface area contributed by atoms with Gasteiger partial charge in [0.05, 0.1) is 24.1 Å². The molecule has 3 amide bonds. The number of fused-ring (bicyclic) bond motifs is 4. The fourth-order valence-corrected chi connectivity index (χ4v) is 6.76. The van der Waals surface area contributed by atoms with E-state index in [0.717, 1.165) is 40.4 Å². The van der Waals surface area contributed by atoms with E-state index in [2.05, 4.69) is 43.1 Å². The maximum absolute atomic E-state index is 13.9. The van der Waals surface area contributed by atoms with Crippen molar-refractivity contribution in [3.05, 3.63) is 64.8 Å². The van der Waals surface area contributed by atoms with Gasteiger partial charge < -0.3 is 14.7 Å². The summed E-state index contributed by atoms with van der Waals surface area (Å²) >= 11 is 0. The Kier molecular flexibility index (Phi) is 6.88.